The number of aromatic nitrogens is 4. The van der Waals surface area contributed by atoms with Crippen molar-refractivity contribution in [2.45, 2.75) is 51.8 Å². The first-order valence-electron chi connectivity index (χ1n) is 11.7. The predicted octanol–water partition coefficient (Wildman–Crippen LogP) is 3.69. The van der Waals surface area contributed by atoms with E-state index in [2.05, 4.69) is 20.3 Å². The number of hydrogen-bond donors (Lipinski definition) is 4. The fourth-order valence-corrected chi connectivity index (χ4v) is 5.45. The Kier molecular flexibility index (Phi) is 7.28. The average Bonchev–Trinajstić information content (AvgIpc) is 3.22. The molecule has 5 N–H and O–H groups in total. The van der Waals surface area contributed by atoms with Crippen LogP contribution in [0.4, 0.5) is 10.3 Å². The second-order valence-corrected chi connectivity index (χ2v) is 11.4. The second-order valence-electron chi connectivity index (χ2n) is 9.67. The molecule has 1 aliphatic heterocycles. The molecule has 2 atom stereocenters. The van der Waals surface area contributed by atoms with Gasteiger partial charge in [0.1, 0.15) is 27.9 Å². The molecule has 10 nitrogen and oxygen atoms in total. The van der Waals surface area contributed by atoms with Gasteiger partial charge in [-0.1, -0.05) is 11.6 Å². The molecule has 1 aliphatic rings. The van der Waals surface area contributed by atoms with E-state index in [4.69, 9.17) is 22.7 Å². The van der Waals surface area contributed by atoms with Crippen molar-refractivity contribution >= 4 is 45.8 Å². The van der Waals surface area contributed by atoms with E-state index in [1.54, 1.807) is 28.8 Å². The van der Waals surface area contributed by atoms with Crippen molar-refractivity contribution in [2.24, 2.45) is 5.73 Å². The summed E-state index contributed by atoms with van der Waals surface area (Å²) in [6.07, 6.45) is 4.54. The summed E-state index contributed by atoms with van der Waals surface area (Å²) in [6.45, 7) is 7.51. The number of rotatable bonds is 7. The zero-order valence-corrected chi connectivity index (χ0v) is 22.8. The summed E-state index contributed by atoms with van der Waals surface area (Å²) in [6, 6.07) is 2.55. The van der Waals surface area contributed by atoms with Gasteiger partial charge >= 0.3 is 0 Å². The summed E-state index contributed by atoms with van der Waals surface area (Å²) in [5.41, 5.74) is 7.11. The van der Waals surface area contributed by atoms with E-state index in [0.717, 1.165) is 6.21 Å². The van der Waals surface area contributed by atoms with Gasteiger partial charge in [0, 0.05) is 30.6 Å². The number of nitrogens with two attached hydrogens (primary N) is 1. The van der Waals surface area contributed by atoms with Crippen LogP contribution in [0, 0.1) is 11.2 Å². The molecule has 2 aromatic heterocycles. The quantitative estimate of drug-likeness (QED) is 0.329. The summed E-state index contributed by atoms with van der Waals surface area (Å²) in [5, 5.41) is 21.7. The van der Waals surface area contributed by atoms with Crippen LogP contribution in [0.15, 0.2) is 29.7 Å². The van der Waals surface area contributed by atoms with Gasteiger partial charge in [-0.05, 0) is 46.2 Å². The molecule has 2 unspecified atom stereocenters. The van der Waals surface area contributed by atoms with Crippen molar-refractivity contribution < 1.29 is 13.7 Å². The summed E-state index contributed by atoms with van der Waals surface area (Å²) < 4.78 is 30.6. The Bertz CT molecular complexity index is 1430. The Hall–Kier alpha value is -3.09. The number of aliphatic hydroxyl groups is 1. The van der Waals surface area contributed by atoms with Crippen LogP contribution in [-0.2, 0) is 16.6 Å². The fourth-order valence-electron chi connectivity index (χ4n) is 4.46. The molecule has 3 aromatic rings. The molecule has 0 aliphatic carbocycles. The third kappa shape index (κ3) is 5.05. The highest BCUT2D eigenvalue weighted by Crippen LogP contribution is 2.35. The number of fused-ring (bicyclic) bond motifs is 1. The van der Waals surface area contributed by atoms with Crippen LogP contribution in [0.1, 0.15) is 46.0 Å². The lowest BCUT2D eigenvalue weighted by molar-refractivity contribution is 0.0641. The molecule has 13 heteroatoms. The molecular formula is C24H30ClFN8O2S. The maximum atomic E-state index is 15.3. The zero-order valence-electron chi connectivity index (χ0n) is 21.2. The minimum absolute atomic E-state index is 0.0970. The van der Waals surface area contributed by atoms with Crippen molar-refractivity contribution in [1.29, 1.82) is 5.41 Å². The summed E-state index contributed by atoms with van der Waals surface area (Å²) >= 11 is 6.44. The minimum Gasteiger partial charge on any atom is -0.399 e. The van der Waals surface area contributed by atoms with Gasteiger partial charge in [-0.25, -0.2) is 23.6 Å². The van der Waals surface area contributed by atoms with E-state index in [9.17, 15) is 9.32 Å². The van der Waals surface area contributed by atoms with Gasteiger partial charge in [0.15, 0.2) is 5.82 Å². The van der Waals surface area contributed by atoms with Crippen LogP contribution >= 0.6 is 11.6 Å². The van der Waals surface area contributed by atoms with Gasteiger partial charge in [-0.15, -0.1) is 0 Å². The molecule has 198 valence electrons. The molecule has 0 saturated carbocycles. The Morgan fingerprint density at radius 3 is 2.68 bits per heavy atom. The largest absolute Gasteiger partial charge is 0.399 e. The highest BCUT2D eigenvalue weighted by Gasteiger charge is 2.29. The normalized spacial score (nSPS) is 17.5. The number of nitrogens with zero attached hydrogens (tertiary/aromatic N) is 5. The predicted molar refractivity (Wildman–Crippen MR) is 144 cm³/mol. The number of allylic oxidation sites excluding steroid dienone is 1. The van der Waals surface area contributed by atoms with Crippen LogP contribution in [-0.4, -0.2) is 58.2 Å². The number of halogens is 2. The fraction of sp³-hybridized carbons (Fsp3) is 0.417. The Morgan fingerprint density at radius 2 is 2.08 bits per heavy atom. The number of anilines is 1. The second kappa shape index (κ2) is 9.99. The first-order chi connectivity index (χ1) is 17.3. The van der Waals surface area contributed by atoms with E-state index in [1.165, 1.54) is 18.5 Å². The standard InChI is InChI=1S/C24H30ClFN8O2S/c1-12(2)34-17-9-13(8-15(26)21(17)31-22(34)24(3,4)35)20-14(25)11-29-23(32-20)30-16-6-7-33(37(5)36)18(10-27)19(16)28/h8-12,16,27,35H,6-7,28H2,1-5H3,(H,29,30,32). The maximum absolute atomic E-state index is 15.3. The van der Waals surface area contributed by atoms with Crippen molar-refractivity contribution in [2.75, 3.05) is 18.1 Å². The topological polar surface area (TPSA) is 146 Å². The third-order valence-electron chi connectivity index (χ3n) is 6.14. The van der Waals surface area contributed by atoms with Crippen LogP contribution < -0.4 is 11.1 Å². The highest BCUT2D eigenvalue weighted by atomic mass is 35.5. The molecule has 0 saturated heterocycles. The molecule has 4 rings (SSSR count). The molecule has 37 heavy (non-hydrogen) atoms. The van der Waals surface area contributed by atoms with Crippen molar-refractivity contribution in [3.63, 3.8) is 0 Å². The molecule has 0 radical (unpaired) electrons. The van der Waals surface area contributed by atoms with Crippen LogP contribution in [0.5, 0.6) is 0 Å². The summed E-state index contributed by atoms with van der Waals surface area (Å²) in [4.78, 5) is 13.2. The first kappa shape index (κ1) is 27.0. The van der Waals surface area contributed by atoms with E-state index in [0.29, 0.717) is 47.0 Å². The van der Waals surface area contributed by atoms with Gasteiger partial charge < -0.3 is 26.1 Å². The van der Waals surface area contributed by atoms with E-state index in [-0.39, 0.29) is 22.5 Å². The molecule has 0 amide bonds. The van der Waals surface area contributed by atoms with Crippen molar-refractivity contribution in [3.05, 3.63) is 46.4 Å². The van der Waals surface area contributed by atoms with Gasteiger partial charge in [0.25, 0.3) is 0 Å². The van der Waals surface area contributed by atoms with Gasteiger partial charge in [-0.2, -0.15) is 0 Å². The minimum atomic E-state index is -1.31. The van der Waals surface area contributed by atoms with Gasteiger partial charge in [0.2, 0.25) is 5.95 Å². The highest BCUT2D eigenvalue weighted by molar-refractivity contribution is 7.82. The third-order valence-corrected chi connectivity index (χ3v) is 7.42. The average molecular weight is 549 g/mol. The van der Waals surface area contributed by atoms with Crippen LogP contribution in [0.2, 0.25) is 5.02 Å². The first-order valence-corrected chi connectivity index (χ1v) is 13.6. The number of benzene rings is 1. The Morgan fingerprint density at radius 1 is 1.38 bits per heavy atom. The lowest BCUT2D eigenvalue weighted by Crippen LogP contribution is -2.42. The molecule has 1 aromatic carbocycles. The van der Waals surface area contributed by atoms with Gasteiger partial charge in [0.05, 0.1) is 39.9 Å². The molecule has 0 fully saturated rings. The van der Waals surface area contributed by atoms with E-state index >= 15 is 4.39 Å². The SMILES string of the molecule is CC(C)n1c(C(C)(C)O)nc2c(F)cc(-c3nc(NC4CCN(S(C)=O)C(C=N)=C4N)ncc3Cl)cc21. The lowest BCUT2D eigenvalue weighted by atomic mass is 10.1. The van der Waals surface area contributed by atoms with Crippen LogP contribution in [0.3, 0.4) is 0 Å². The monoisotopic (exact) mass is 548 g/mol. The van der Waals surface area contributed by atoms with Crippen LogP contribution in [0.25, 0.3) is 22.3 Å². The number of hydrogen-bond acceptors (Lipinski definition) is 8. The zero-order chi connectivity index (χ0) is 27.2. The summed E-state index contributed by atoms with van der Waals surface area (Å²) in [7, 11) is -1.31. The molecule has 0 spiro atoms. The van der Waals surface area contributed by atoms with Crippen molar-refractivity contribution in [3.8, 4) is 11.3 Å². The smallest absolute Gasteiger partial charge is 0.223 e. The van der Waals surface area contributed by atoms with Gasteiger partial charge in [-0.3, -0.25) is 4.31 Å². The number of nitrogens with one attached hydrogen (secondary N) is 2. The van der Waals surface area contributed by atoms with E-state index in [1.807, 2.05) is 13.8 Å². The number of imidazole rings is 1. The summed E-state index contributed by atoms with van der Waals surface area (Å²) in [5.74, 6) is 0.00967. The van der Waals surface area contributed by atoms with Crippen molar-refractivity contribution in [1.82, 2.24) is 23.8 Å². The Labute approximate surface area is 221 Å². The molecule has 0 bridgehead atoms. The Balaban J connectivity index is 1.77. The molecule has 3 heterocycles. The maximum Gasteiger partial charge on any atom is 0.223 e. The molecular weight excluding hydrogens is 519 g/mol. The lowest BCUT2D eigenvalue weighted by Gasteiger charge is -2.33. The van der Waals surface area contributed by atoms with E-state index < -0.39 is 28.4 Å².